The topological polar surface area (TPSA) is 42.8 Å². The molecule has 2 N–H and O–H groups in total. The normalized spacial score (nSPS) is 23.0. The van der Waals surface area contributed by atoms with Crippen LogP contribution in [0.2, 0.25) is 0 Å². The molecule has 4 nitrogen and oxygen atoms in total. The summed E-state index contributed by atoms with van der Waals surface area (Å²) in [6.45, 7) is 4.21. The van der Waals surface area contributed by atoms with E-state index in [0.29, 0.717) is 6.54 Å². The van der Waals surface area contributed by atoms with E-state index in [0.717, 1.165) is 26.2 Å². The highest BCUT2D eigenvalue weighted by Gasteiger charge is 2.23. The number of quaternary nitrogens is 1. The van der Waals surface area contributed by atoms with Gasteiger partial charge in [0.1, 0.15) is 31.6 Å². The maximum Gasteiger partial charge on any atom is 0.235 e. The van der Waals surface area contributed by atoms with Crippen LogP contribution in [0.4, 0.5) is 0 Å². The second kappa shape index (κ2) is 7.48. The van der Waals surface area contributed by atoms with Crippen LogP contribution in [-0.2, 0) is 16.1 Å². The van der Waals surface area contributed by atoms with Crippen molar-refractivity contribution in [2.24, 2.45) is 0 Å². The van der Waals surface area contributed by atoms with Gasteiger partial charge < -0.3 is 15.0 Å². The van der Waals surface area contributed by atoms with Gasteiger partial charge in [0.15, 0.2) is 0 Å². The zero-order valence-electron chi connectivity index (χ0n) is 10.9. The molecule has 0 radical (unpaired) electrons. The predicted octanol–water partition coefficient (Wildman–Crippen LogP) is -0.175. The third kappa shape index (κ3) is 4.82. The number of ether oxygens (including phenoxy) is 1. The Kier molecular flexibility index (Phi) is 5.63. The minimum absolute atomic E-state index is 0.00725. The fourth-order valence-corrected chi connectivity index (χ4v) is 2.40. The Morgan fingerprint density at radius 1 is 1.42 bits per heavy atom. The SMILES string of the molecule is O=C(CCl)NC[C@@H]1C[NH+](Cc2ccccc2)CCO1. The predicted molar refractivity (Wildman–Crippen MR) is 74.3 cm³/mol. The third-order valence-electron chi connectivity index (χ3n) is 3.27. The molecule has 1 amide bonds. The molecule has 1 fully saturated rings. The number of rotatable bonds is 5. The Balaban J connectivity index is 1.79. The highest BCUT2D eigenvalue weighted by Crippen LogP contribution is 1.97. The summed E-state index contributed by atoms with van der Waals surface area (Å²) in [6.07, 6.45) is 0.0830. The average Bonchev–Trinajstić information content (AvgIpc) is 2.46. The Labute approximate surface area is 118 Å². The fourth-order valence-electron chi connectivity index (χ4n) is 2.30. The van der Waals surface area contributed by atoms with Crippen molar-refractivity contribution in [2.75, 3.05) is 32.1 Å². The van der Waals surface area contributed by atoms with Crippen LogP contribution in [0.25, 0.3) is 0 Å². The molecule has 0 saturated carbocycles. The number of alkyl halides is 1. The molecule has 1 aromatic rings. The zero-order chi connectivity index (χ0) is 13.5. The first-order valence-corrected chi connectivity index (χ1v) is 7.13. The molecule has 0 spiro atoms. The molecule has 0 aromatic heterocycles. The summed E-state index contributed by atoms with van der Waals surface area (Å²) in [6, 6.07) is 10.4. The van der Waals surface area contributed by atoms with Crippen LogP contribution < -0.4 is 10.2 Å². The number of benzene rings is 1. The lowest BCUT2D eigenvalue weighted by Crippen LogP contribution is -3.13. The van der Waals surface area contributed by atoms with E-state index in [-0.39, 0.29) is 17.9 Å². The number of hydrogen-bond acceptors (Lipinski definition) is 2. The van der Waals surface area contributed by atoms with E-state index in [2.05, 4.69) is 29.6 Å². The summed E-state index contributed by atoms with van der Waals surface area (Å²) >= 11 is 5.45. The monoisotopic (exact) mass is 283 g/mol. The maximum atomic E-state index is 11.1. The zero-order valence-corrected chi connectivity index (χ0v) is 11.7. The maximum absolute atomic E-state index is 11.1. The summed E-state index contributed by atoms with van der Waals surface area (Å²) < 4.78 is 5.66. The molecule has 0 aliphatic carbocycles. The van der Waals surface area contributed by atoms with E-state index in [9.17, 15) is 4.79 Å². The fraction of sp³-hybridized carbons (Fsp3) is 0.500. The molecule has 2 rings (SSSR count). The molecule has 1 aromatic carbocycles. The summed E-state index contributed by atoms with van der Waals surface area (Å²) in [5, 5.41) is 2.78. The highest BCUT2D eigenvalue weighted by molar-refractivity contribution is 6.27. The number of morpholine rings is 1. The van der Waals surface area contributed by atoms with Crippen LogP contribution in [0, 0.1) is 0 Å². The minimum Gasteiger partial charge on any atom is -0.365 e. The van der Waals surface area contributed by atoms with Crippen molar-refractivity contribution >= 4 is 17.5 Å². The minimum atomic E-state index is -0.138. The van der Waals surface area contributed by atoms with Crippen molar-refractivity contribution in [3.8, 4) is 0 Å². The number of nitrogens with one attached hydrogen (secondary N) is 2. The molecular weight excluding hydrogens is 264 g/mol. The molecule has 0 bridgehead atoms. The van der Waals surface area contributed by atoms with E-state index < -0.39 is 0 Å². The molecule has 1 unspecified atom stereocenters. The third-order valence-corrected chi connectivity index (χ3v) is 3.51. The summed E-state index contributed by atoms with van der Waals surface area (Å²) in [7, 11) is 0. The van der Waals surface area contributed by atoms with Crippen molar-refractivity contribution in [3.05, 3.63) is 35.9 Å². The number of hydrogen-bond donors (Lipinski definition) is 2. The number of carbonyl (C=O) groups is 1. The summed E-state index contributed by atoms with van der Waals surface area (Å²) in [4.78, 5) is 12.6. The number of halogens is 1. The Bertz CT molecular complexity index is 400. The van der Waals surface area contributed by atoms with E-state index >= 15 is 0 Å². The van der Waals surface area contributed by atoms with E-state index in [1.54, 1.807) is 0 Å². The van der Waals surface area contributed by atoms with Crippen molar-refractivity contribution < 1.29 is 14.4 Å². The second-order valence-corrected chi connectivity index (χ2v) is 5.06. The van der Waals surface area contributed by atoms with Crippen LogP contribution in [0.5, 0.6) is 0 Å². The van der Waals surface area contributed by atoms with Gasteiger partial charge in [-0.15, -0.1) is 11.6 Å². The molecule has 1 heterocycles. The summed E-state index contributed by atoms with van der Waals surface area (Å²) in [5.41, 5.74) is 1.34. The Morgan fingerprint density at radius 2 is 2.21 bits per heavy atom. The first kappa shape index (κ1) is 14.3. The number of carbonyl (C=O) groups excluding carboxylic acids is 1. The first-order valence-electron chi connectivity index (χ1n) is 6.59. The molecule has 19 heavy (non-hydrogen) atoms. The molecule has 104 valence electrons. The summed E-state index contributed by atoms with van der Waals surface area (Å²) in [5.74, 6) is -0.131. The molecule has 1 saturated heterocycles. The Hall–Kier alpha value is -1.10. The standard InChI is InChI=1S/C14H19ClN2O2/c15-8-14(18)16-9-13-11-17(6-7-19-13)10-12-4-2-1-3-5-12/h1-5,13H,6-11H2,(H,16,18)/p+1/t13-/m1/s1. The van der Waals surface area contributed by atoms with Crippen molar-refractivity contribution in [1.82, 2.24) is 5.32 Å². The van der Waals surface area contributed by atoms with Gasteiger partial charge in [-0.2, -0.15) is 0 Å². The van der Waals surface area contributed by atoms with Crippen LogP contribution in [0.3, 0.4) is 0 Å². The van der Waals surface area contributed by atoms with Gasteiger partial charge in [-0.05, 0) is 0 Å². The molecular formula is C14H20ClN2O2+. The van der Waals surface area contributed by atoms with Gasteiger partial charge in [0.05, 0.1) is 6.61 Å². The van der Waals surface area contributed by atoms with Crippen molar-refractivity contribution in [2.45, 2.75) is 12.6 Å². The van der Waals surface area contributed by atoms with Crippen LogP contribution in [0.1, 0.15) is 5.56 Å². The van der Waals surface area contributed by atoms with Gasteiger partial charge in [0.25, 0.3) is 0 Å². The van der Waals surface area contributed by atoms with Gasteiger partial charge >= 0.3 is 0 Å². The van der Waals surface area contributed by atoms with Crippen molar-refractivity contribution in [3.63, 3.8) is 0 Å². The van der Waals surface area contributed by atoms with Gasteiger partial charge in [0, 0.05) is 12.1 Å². The van der Waals surface area contributed by atoms with E-state index in [1.807, 2.05) is 6.07 Å². The van der Waals surface area contributed by atoms with Gasteiger partial charge in [-0.1, -0.05) is 30.3 Å². The molecule has 1 aliphatic rings. The quantitative estimate of drug-likeness (QED) is 0.737. The second-order valence-electron chi connectivity index (χ2n) is 4.80. The molecule has 1 aliphatic heterocycles. The van der Waals surface area contributed by atoms with E-state index in [1.165, 1.54) is 10.5 Å². The van der Waals surface area contributed by atoms with E-state index in [4.69, 9.17) is 16.3 Å². The largest absolute Gasteiger partial charge is 0.365 e. The van der Waals surface area contributed by atoms with Gasteiger partial charge in [0.2, 0.25) is 5.91 Å². The van der Waals surface area contributed by atoms with Crippen LogP contribution >= 0.6 is 11.6 Å². The lowest BCUT2D eigenvalue weighted by Gasteiger charge is -2.30. The Morgan fingerprint density at radius 3 is 2.95 bits per heavy atom. The smallest absolute Gasteiger partial charge is 0.235 e. The van der Waals surface area contributed by atoms with Crippen LogP contribution in [-0.4, -0.2) is 44.1 Å². The highest BCUT2D eigenvalue weighted by atomic mass is 35.5. The molecule has 2 atom stereocenters. The van der Waals surface area contributed by atoms with Crippen molar-refractivity contribution in [1.29, 1.82) is 0 Å². The number of amides is 1. The average molecular weight is 284 g/mol. The lowest BCUT2D eigenvalue weighted by molar-refractivity contribution is -0.925. The first-order chi connectivity index (χ1) is 9.28. The van der Waals surface area contributed by atoms with Crippen LogP contribution in [0.15, 0.2) is 30.3 Å². The van der Waals surface area contributed by atoms with Gasteiger partial charge in [-0.25, -0.2) is 0 Å². The lowest BCUT2D eigenvalue weighted by atomic mass is 10.2. The molecule has 5 heteroatoms. The van der Waals surface area contributed by atoms with Gasteiger partial charge in [-0.3, -0.25) is 4.79 Å².